The van der Waals surface area contributed by atoms with Crippen LogP contribution in [-0.2, 0) is 11.2 Å². The molecule has 0 radical (unpaired) electrons. The van der Waals surface area contributed by atoms with Gasteiger partial charge < -0.3 is 0 Å². The van der Waals surface area contributed by atoms with Gasteiger partial charge in [-0.1, -0.05) is 39.3 Å². The lowest BCUT2D eigenvalue weighted by atomic mass is 9.97. The van der Waals surface area contributed by atoms with Crippen LogP contribution in [0.15, 0.2) is 23.2 Å². The summed E-state index contributed by atoms with van der Waals surface area (Å²) < 4.78 is 0. The zero-order chi connectivity index (χ0) is 11.3. The maximum Gasteiger partial charge on any atom is 0.240 e. The number of nitrogens with zero attached hydrogens (tertiary/aromatic N) is 1. The molecule has 1 aromatic carbocycles. The van der Waals surface area contributed by atoms with Gasteiger partial charge in [-0.3, -0.25) is 0 Å². The van der Waals surface area contributed by atoms with Gasteiger partial charge in [0.15, 0.2) is 0 Å². The Hall–Kier alpha value is -1.40. The summed E-state index contributed by atoms with van der Waals surface area (Å²) in [6.45, 7) is 6.37. The summed E-state index contributed by atoms with van der Waals surface area (Å²) in [6.07, 6.45) is 3.81. The molecule has 0 heterocycles. The SMILES string of the molecule is CCCc1ccc(N=C=O)c(C(C)C)c1. The van der Waals surface area contributed by atoms with Crippen molar-refractivity contribution < 1.29 is 4.79 Å². The van der Waals surface area contributed by atoms with Crippen molar-refractivity contribution in [3.05, 3.63) is 29.3 Å². The Bertz CT molecular complexity index is 376. The Labute approximate surface area is 91.0 Å². The van der Waals surface area contributed by atoms with Crippen molar-refractivity contribution in [1.82, 2.24) is 0 Å². The highest BCUT2D eigenvalue weighted by molar-refractivity contribution is 5.55. The first-order valence-corrected chi connectivity index (χ1v) is 5.39. The maximum atomic E-state index is 10.3. The highest BCUT2D eigenvalue weighted by atomic mass is 16.1. The summed E-state index contributed by atoms with van der Waals surface area (Å²) in [5.74, 6) is 0.383. The predicted molar refractivity (Wildman–Crippen MR) is 62.3 cm³/mol. The van der Waals surface area contributed by atoms with E-state index in [4.69, 9.17) is 0 Å². The van der Waals surface area contributed by atoms with E-state index in [-0.39, 0.29) is 0 Å². The number of isocyanates is 1. The van der Waals surface area contributed by atoms with Gasteiger partial charge in [0, 0.05) is 0 Å². The molecule has 80 valence electrons. The molecule has 0 amide bonds. The molecule has 0 bridgehead atoms. The molecule has 0 aliphatic rings. The summed E-state index contributed by atoms with van der Waals surface area (Å²) in [6, 6.07) is 6.08. The van der Waals surface area contributed by atoms with Crippen molar-refractivity contribution >= 4 is 11.8 Å². The van der Waals surface area contributed by atoms with E-state index < -0.39 is 0 Å². The smallest absolute Gasteiger partial charge is 0.211 e. The van der Waals surface area contributed by atoms with Gasteiger partial charge in [0.2, 0.25) is 6.08 Å². The highest BCUT2D eigenvalue weighted by Gasteiger charge is 2.06. The van der Waals surface area contributed by atoms with Crippen LogP contribution in [0, 0.1) is 0 Å². The fourth-order valence-corrected chi connectivity index (χ4v) is 1.66. The summed E-state index contributed by atoms with van der Waals surface area (Å²) in [5.41, 5.74) is 3.19. The van der Waals surface area contributed by atoms with Gasteiger partial charge in [-0.05, 0) is 29.5 Å². The van der Waals surface area contributed by atoms with Crippen LogP contribution < -0.4 is 0 Å². The number of aryl methyl sites for hydroxylation is 1. The van der Waals surface area contributed by atoms with Crippen molar-refractivity contribution in [3.8, 4) is 0 Å². The second kappa shape index (κ2) is 5.47. The van der Waals surface area contributed by atoms with Gasteiger partial charge in [0.1, 0.15) is 0 Å². The molecule has 2 nitrogen and oxygen atoms in total. The zero-order valence-electron chi connectivity index (χ0n) is 9.58. The summed E-state index contributed by atoms with van der Waals surface area (Å²) >= 11 is 0. The quantitative estimate of drug-likeness (QED) is 0.541. The first kappa shape index (κ1) is 11.7. The minimum atomic E-state index is 0.383. The second-order valence-corrected chi connectivity index (χ2v) is 4.00. The van der Waals surface area contributed by atoms with Crippen molar-refractivity contribution in [2.75, 3.05) is 0 Å². The first-order chi connectivity index (χ1) is 7.19. The van der Waals surface area contributed by atoms with E-state index in [2.05, 4.69) is 31.8 Å². The minimum Gasteiger partial charge on any atom is -0.211 e. The van der Waals surface area contributed by atoms with Gasteiger partial charge in [-0.2, -0.15) is 4.99 Å². The minimum absolute atomic E-state index is 0.383. The molecule has 0 fully saturated rings. The molecular formula is C13H17NO. The van der Waals surface area contributed by atoms with Gasteiger partial charge in [-0.15, -0.1) is 0 Å². The molecule has 0 spiro atoms. The fraction of sp³-hybridized carbons (Fsp3) is 0.462. The molecule has 0 unspecified atom stereocenters. The lowest BCUT2D eigenvalue weighted by Crippen LogP contribution is -1.91. The van der Waals surface area contributed by atoms with Crippen molar-refractivity contribution in [1.29, 1.82) is 0 Å². The number of aliphatic imine (C=N–C) groups is 1. The molecule has 0 aromatic heterocycles. The lowest BCUT2D eigenvalue weighted by molar-refractivity contribution is 0.565. The number of benzene rings is 1. The number of carbonyl (C=O) groups excluding carboxylic acids is 1. The number of hydrogen-bond acceptors (Lipinski definition) is 2. The Balaban J connectivity index is 3.14. The molecule has 1 rings (SSSR count). The molecule has 0 N–H and O–H groups in total. The van der Waals surface area contributed by atoms with E-state index in [0.29, 0.717) is 5.92 Å². The Kier molecular flexibility index (Phi) is 4.26. The summed E-state index contributed by atoms with van der Waals surface area (Å²) in [7, 11) is 0. The average Bonchev–Trinajstić information content (AvgIpc) is 2.21. The highest BCUT2D eigenvalue weighted by Crippen LogP contribution is 2.27. The van der Waals surface area contributed by atoms with E-state index >= 15 is 0 Å². The molecule has 0 saturated heterocycles. The maximum absolute atomic E-state index is 10.3. The first-order valence-electron chi connectivity index (χ1n) is 5.39. The van der Waals surface area contributed by atoms with Gasteiger partial charge in [0.05, 0.1) is 5.69 Å². The molecule has 1 aromatic rings. The van der Waals surface area contributed by atoms with Crippen LogP contribution in [0.4, 0.5) is 5.69 Å². The van der Waals surface area contributed by atoms with E-state index in [1.54, 1.807) is 6.08 Å². The average molecular weight is 203 g/mol. The largest absolute Gasteiger partial charge is 0.240 e. The Morgan fingerprint density at radius 2 is 2.13 bits per heavy atom. The van der Waals surface area contributed by atoms with E-state index in [1.165, 1.54) is 5.56 Å². The predicted octanol–water partition coefficient (Wildman–Crippen LogP) is 3.73. The van der Waals surface area contributed by atoms with E-state index in [0.717, 1.165) is 24.1 Å². The molecule has 0 aliphatic carbocycles. The number of rotatable bonds is 4. The Morgan fingerprint density at radius 1 is 1.40 bits per heavy atom. The van der Waals surface area contributed by atoms with Crippen molar-refractivity contribution in [2.24, 2.45) is 4.99 Å². The zero-order valence-corrected chi connectivity index (χ0v) is 9.58. The second-order valence-electron chi connectivity index (χ2n) is 4.00. The monoisotopic (exact) mass is 203 g/mol. The van der Waals surface area contributed by atoms with Gasteiger partial charge in [0.25, 0.3) is 0 Å². The van der Waals surface area contributed by atoms with Crippen LogP contribution in [0.2, 0.25) is 0 Å². The van der Waals surface area contributed by atoms with Crippen LogP contribution in [0.1, 0.15) is 44.2 Å². The molecule has 0 aliphatic heterocycles. The van der Waals surface area contributed by atoms with E-state index in [9.17, 15) is 4.79 Å². The van der Waals surface area contributed by atoms with Crippen LogP contribution in [0.25, 0.3) is 0 Å². The molecular weight excluding hydrogens is 186 g/mol. The van der Waals surface area contributed by atoms with Gasteiger partial charge >= 0.3 is 0 Å². The summed E-state index contributed by atoms with van der Waals surface area (Å²) in [4.78, 5) is 14.0. The van der Waals surface area contributed by atoms with Crippen LogP contribution in [-0.4, -0.2) is 6.08 Å². The van der Waals surface area contributed by atoms with Crippen LogP contribution >= 0.6 is 0 Å². The van der Waals surface area contributed by atoms with Crippen LogP contribution in [0.3, 0.4) is 0 Å². The third-order valence-electron chi connectivity index (χ3n) is 2.42. The standard InChI is InChI=1S/C13H17NO/c1-4-5-11-6-7-13(14-9-15)12(8-11)10(2)3/h6-8,10H,4-5H2,1-3H3. The summed E-state index contributed by atoms with van der Waals surface area (Å²) in [5, 5.41) is 0. The van der Waals surface area contributed by atoms with Gasteiger partial charge in [-0.25, -0.2) is 4.79 Å². The van der Waals surface area contributed by atoms with E-state index in [1.807, 2.05) is 12.1 Å². The lowest BCUT2D eigenvalue weighted by Gasteiger charge is -2.10. The molecule has 2 heteroatoms. The molecule has 0 saturated carbocycles. The Morgan fingerprint density at radius 3 is 2.67 bits per heavy atom. The fourth-order valence-electron chi connectivity index (χ4n) is 1.66. The third kappa shape index (κ3) is 3.03. The van der Waals surface area contributed by atoms with Crippen molar-refractivity contribution in [3.63, 3.8) is 0 Å². The van der Waals surface area contributed by atoms with Crippen molar-refractivity contribution in [2.45, 2.75) is 39.5 Å². The molecule has 15 heavy (non-hydrogen) atoms. The van der Waals surface area contributed by atoms with Crippen LogP contribution in [0.5, 0.6) is 0 Å². The normalized spacial score (nSPS) is 10.1. The number of hydrogen-bond donors (Lipinski definition) is 0. The topological polar surface area (TPSA) is 29.4 Å². The molecule has 0 atom stereocenters. The third-order valence-corrected chi connectivity index (χ3v) is 2.42.